The summed E-state index contributed by atoms with van der Waals surface area (Å²) < 4.78 is 17.8. The lowest BCUT2D eigenvalue weighted by atomic mass is 9.76. The van der Waals surface area contributed by atoms with E-state index in [1.165, 1.54) is 5.56 Å². The van der Waals surface area contributed by atoms with Gasteiger partial charge in [0, 0.05) is 8.80 Å². The molecule has 116 valence electrons. The van der Waals surface area contributed by atoms with Gasteiger partial charge >= 0.3 is 7.12 Å². The van der Waals surface area contributed by atoms with E-state index < -0.39 is 8.80 Å². The van der Waals surface area contributed by atoms with Gasteiger partial charge < -0.3 is 14.0 Å². The molecule has 0 aromatic heterocycles. The molecule has 3 nitrogen and oxygen atoms in total. The zero-order chi connectivity index (χ0) is 15.8. The van der Waals surface area contributed by atoms with Gasteiger partial charge in [-0.25, -0.2) is 0 Å². The van der Waals surface area contributed by atoms with Crippen LogP contribution in [0.2, 0.25) is 13.1 Å². The Labute approximate surface area is 130 Å². The number of hydrogen-bond acceptors (Lipinski definition) is 3. The third-order valence-corrected chi connectivity index (χ3v) is 5.74. The Balaban J connectivity index is 2.36. The summed E-state index contributed by atoms with van der Waals surface area (Å²) in [5, 5.41) is 0. The first-order chi connectivity index (χ1) is 9.66. The molecule has 0 atom stereocenters. The molecule has 0 amide bonds. The first-order valence-electron chi connectivity index (χ1n) is 7.69. The molecule has 5 heteroatoms. The van der Waals surface area contributed by atoms with E-state index in [1.54, 1.807) is 7.11 Å². The molecule has 0 spiro atoms. The fourth-order valence-corrected chi connectivity index (χ4v) is 3.76. The third-order valence-electron chi connectivity index (χ3n) is 4.49. The first kappa shape index (κ1) is 16.6. The van der Waals surface area contributed by atoms with Crippen LogP contribution in [0.1, 0.15) is 33.3 Å². The molecule has 1 saturated heterocycles. The molecule has 0 saturated carbocycles. The molecule has 1 heterocycles. The van der Waals surface area contributed by atoms with Crippen LogP contribution in [0, 0.1) is 0 Å². The summed E-state index contributed by atoms with van der Waals surface area (Å²) in [4.78, 5) is 0. The highest BCUT2D eigenvalue weighted by molar-refractivity contribution is 6.63. The van der Waals surface area contributed by atoms with Gasteiger partial charge in [-0.05, 0) is 56.9 Å². The van der Waals surface area contributed by atoms with E-state index in [2.05, 4.69) is 52.9 Å². The standard InChI is InChI=1S/C16H27BO3Si/c1-15(2)16(3,4)20-17(19-15)14-9-8-13(18-5)10-12(14)11-21(6)7/h8-10,21H,11H2,1-7H3. The molecule has 1 aromatic carbocycles. The topological polar surface area (TPSA) is 27.7 Å². The Kier molecular flexibility index (Phi) is 4.57. The van der Waals surface area contributed by atoms with Crippen LogP contribution in [0.25, 0.3) is 0 Å². The second-order valence-corrected chi connectivity index (χ2v) is 10.4. The minimum atomic E-state index is -0.733. The molecule has 21 heavy (non-hydrogen) atoms. The van der Waals surface area contributed by atoms with Crippen molar-refractivity contribution in [2.45, 2.75) is 58.0 Å². The van der Waals surface area contributed by atoms with Crippen LogP contribution in [0.15, 0.2) is 18.2 Å². The molecule has 1 aromatic rings. The molecule has 2 rings (SSSR count). The van der Waals surface area contributed by atoms with Crippen molar-refractivity contribution in [3.63, 3.8) is 0 Å². The highest BCUT2D eigenvalue weighted by atomic mass is 28.3. The predicted molar refractivity (Wildman–Crippen MR) is 91.3 cm³/mol. The highest BCUT2D eigenvalue weighted by Gasteiger charge is 2.52. The van der Waals surface area contributed by atoms with Crippen molar-refractivity contribution in [2.75, 3.05) is 7.11 Å². The molecule has 0 radical (unpaired) electrons. The lowest BCUT2D eigenvalue weighted by molar-refractivity contribution is 0.00578. The van der Waals surface area contributed by atoms with Gasteiger partial charge in [-0.3, -0.25) is 0 Å². The minimum Gasteiger partial charge on any atom is -0.497 e. The Morgan fingerprint density at radius 3 is 2.14 bits per heavy atom. The van der Waals surface area contributed by atoms with Gasteiger partial charge in [-0.2, -0.15) is 0 Å². The average molecular weight is 306 g/mol. The summed E-state index contributed by atoms with van der Waals surface area (Å²) in [6.45, 7) is 13.1. The quantitative estimate of drug-likeness (QED) is 0.800. The summed E-state index contributed by atoms with van der Waals surface area (Å²) in [6, 6.07) is 7.34. The molecular weight excluding hydrogens is 279 g/mol. The van der Waals surface area contributed by atoms with E-state index >= 15 is 0 Å². The van der Waals surface area contributed by atoms with Gasteiger partial charge in [-0.1, -0.05) is 19.2 Å². The number of benzene rings is 1. The molecule has 0 unspecified atom stereocenters. The van der Waals surface area contributed by atoms with E-state index in [4.69, 9.17) is 14.0 Å². The van der Waals surface area contributed by atoms with Gasteiger partial charge in [0.2, 0.25) is 0 Å². The van der Waals surface area contributed by atoms with E-state index in [0.29, 0.717) is 0 Å². The van der Waals surface area contributed by atoms with Crippen molar-refractivity contribution in [2.24, 2.45) is 0 Å². The maximum atomic E-state index is 6.20. The van der Waals surface area contributed by atoms with Crippen LogP contribution in [-0.4, -0.2) is 34.2 Å². The predicted octanol–water partition coefficient (Wildman–Crippen LogP) is 2.56. The second kappa shape index (κ2) is 5.78. The van der Waals surface area contributed by atoms with Gasteiger partial charge in [0.1, 0.15) is 5.75 Å². The lowest BCUT2D eigenvalue weighted by Crippen LogP contribution is -2.41. The molecule has 1 aliphatic heterocycles. The van der Waals surface area contributed by atoms with Crippen molar-refractivity contribution in [1.29, 1.82) is 0 Å². The second-order valence-electron chi connectivity index (χ2n) is 7.25. The van der Waals surface area contributed by atoms with Gasteiger partial charge in [0.25, 0.3) is 0 Å². The fraction of sp³-hybridized carbons (Fsp3) is 0.625. The molecule has 0 N–H and O–H groups in total. The van der Waals surface area contributed by atoms with Crippen LogP contribution >= 0.6 is 0 Å². The molecule has 1 aliphatic rings. The highest BCUT2D eigenvalue weighted by Crippen LogP contribution is 2.36. The minimum absolute atomic E-state index is 0.288. The molecule has 0 bridgehead atoms. The molecular formula is C16H27BO3Si. The number of methoxy groups -OCH3 is 1. The number of ether oxygens (including phenoxy) is 1. The van der Waals surface area contributed by atoms with E-state index in [-0.39, 0.29) is 18.3 Å². The van der Waals surface area contributed by atoms with Crippen LogP contribution in [0.4, 0.5) is 0 Å². The Hall–Kier alpha value is -0.778. The number of hydrogen-bond donors (Lipinski definition) is 0. The summed E-state index contributed by atoms with van der Waals surface area (Å²) >= 11 is 0. The maximum absolute atomic E-state index is 6.20. The molecule has 1 fully saturated rings. The smallest absolute Gasteiger partial charge is 0.495 e. The average Bonchev–Trinajstić information content (AvgIpc) is 2.57. The largest absolute Gasteiger partial charge is 0.497 e. The zero-order valence-corrected chi connectivity index (χ0v) is 15.5. The van der Waals surface area contributed by atoms with Crippen LogP contribution in [0.3, 0.4) is 0 Å². The summed E-state index contributed by atoms with van der Waals surface area (Å²) in [5.41, 5.74) is 1.85. The van der Waals surface area contributed by atoms with E-state index in [0.717, 1.165) is 17.3 Å². The Bertz CT molecular complexity index is 498. The van der Waals surface area contributed by atoms with Crippen molar-refractivity contribution < 1.29 is 14.0 Å². The van der Waals surface area contributed by atoms with Crippen molar-refractivity contribution in [3.8, 4) is 5.75 Å². The fourth-order valence-electron chi connectivity index (χ4n) is 2.53. The number of rotatable bonds is 4. The summed E-state index contributed by atoms with van der Waals surface area (Å²) in [7, 11) is 0.688. The first-order valence-corrected chi connectivity index (χ1v) is 10.8. The lowest BCUT2D eigenvalue weighted by Gasteiger charge is -2.32. The Morgan fingerprint density at radius 1 is 1.10 bits per heavy atom. The van der Waals surface area contributed by atoms with Crippen molar-refractivity contribution in [1.82, 2.24) is 0 Å². The SMILES string of the molecule is COc1ccc(B2OC(C)(C)C(C)(C)O2)c(C[SiH](C)C)c1. The summed E-state index contributed by atoms with van der Waals surface area (Å²) in [5.74, 6) is 0.903. The maximum Gasteiger partial charge on any atom is 0.495 e. The van der Waals surface area contributed by atoms with Crippen molar-refractivity contribution in [3.05, 3.63) is 23.8 Å². The Morgan fingerprint density at radius 2 is 1.67 bits per heavy atom. The van der Waals surface area contributed by atoms with Crippen LogP contribution in [-0.2, 0) is 15.4 Å². The van der Waals surface area contributed by atoms with Crippen molar-refractivity contribution >= 4 is 21.4 Å². The molecule has 0 aliphatic carbocycles. The van der Waals surface area contributed by atoms with Gasteiger partial charge in [0.15, 0.2) is 0 Å². The summed E-state index contributed by atoms with van der Waals surface area (Å²) in [6.07, 6.45) is 0. The van der Waals surface area contributed by atoms with Crippen LogP contribution < -0.4 is 10.2 Å². The zero-order valence-electron chi connectivity index (χ0n) is 14.3. The van der Waals surface area contributed by atoms with Gasteiger partial charge in [-0.15, -0.1) is 0 Å². The monoisotopic (exact) mass is 306 g/mol. The van der Waals surface area contributed by atoms with Gasteiger partial charge in [0.05, 0.1) is 18.3 Å². The third kappa shape index (κ3) is 3.36. The normalized spacial score (nSPS) is 20.1. The van der Waals surface area contributed by atoms with E-state index in [1.807, 2.05) is 6.07 Å². The van der Waals surface area contributed by atoms with Crippen LogP contribution in [0.5, 0.6) is 5.75 Å². The van der Waals surface area contributed by atoms with E-state index in [9.17, 15) is 0 Å².